The fourth-order valence-corrected chi connectivity index (χ4v) is 2.36. The van der Waals surface area contributed by atoms with Crippen LogP contribution in [0, 0.1) is 13.7 Å². The maximum Gasteiger partial charge on any atom is 0.313 e. The third-order valence-corrected chi connectivity index (χ3v) is 3.54. The maximum absolute atomic E-state index is 10.9. The molecule has 2 rings (SSSR count). The molecule has 23 heavy (non-hydrogen) atoms. The van der Waals surface area contributed by atoms with Crippen LogP contribution in [0.5, 0.6) is 11.5 Å². The van der Waals surface area contributed by atoms with Gasteiger partial charge in [0.25, 0.3) is 0 Å². The van der Waals surface area contributed by atoms with E-state index in [2.05, 4.69) is 15.5 Å². The van der Waals surface area contributed by atoms with Gasteiger partial charge in [0.2, 0.25) is 5.82 Å². The number of aromatic nitrogens is 1. The lowest BCUT2D eigenvalue weighted by atomic mass is 10.2. The summed E-state index contributed by atoms with van der Waals surface area (Å²) >= 11 is 1.98. The third kappa shape index (κ3) is 4.28. The van der Waals surface area contributed by atoms with Crippen LogP contribution in [0.3, 0.4) is 0 Å². The lowest BCUT2D eigenvalue weighted by Crippen LogP contribution is -1.99. The number of hydrazone groups is 1. The van der Waals surface area contributed by atoms with Crippen molar-refractivity contribution in [3.05, 3.63) is 49.7 Å². The van der Waals surface area contributed by atoms with E-state index in [4.69, 9.17) is 4.74 Å². The molecule has 0 radical (unpaired) electrons. The molecule has 2 N–H and O–H groups in total. The van der Waals surface area contributed by atoms with E-state index < -0.39 is 4.92 Å². The first-order valence-electron chi connectivity index (χ1n) is 6.56. The molecule has 0 amide bonds. The van der Waals surface area contributed by atoms with Gasteiger partial charge < -0.3 is 9.84 Å². The highest BCUT2D eigenvalue weighted by atomic mass is 127. The van der Waals surface area contributed by atoms with Crippen molar-refractivity contribution in [1.29, 1.82) is 0 Å². The van der Waals surface area contributed by atoms with Crippen LogP contribution in [0.25, 0.3) is 0 Å². The van der Waals surface area contributed by atoms with Gasteiger partial charge in [-0.3, -0.25) is 15.5 Å². The molecule has 0 saturated heterocycles. The molecule has 0 aliphatic rings. The van der Waals surface area contributed by atoms with Gasteiger partial charge in [-0.25, -0.2) is 4.98 Å². The highest BCUT2D eigenvalue weighted by molar-refractivity contribution is 14.1. The first kappa shape index (κ1) is 16.9. The van der Waals surface area contributed by atoms with E-state index >= 15 is 0 Å². The van der Waals surface area contributed by atoms with Gasteiger partial charge in [-0.15, -0.1) is 0 Å². The van der Waals surface area contributed by atoms with E-state index in [1.807, 2.05) is 29.5 Å². The number of nitro groups is 1. The summed E-state index contributed by atoms with van der Waals surface area (Å²) in [5, 5.41) is 24.7. The quantitative estimate of drug-likeness (QED) is 0.317. The molecule has 0 bridgehead atoms. The minimum Gasteiger partial charge on any atom is -0.504 e. The normalized spacial score (nSPS) is 10.7. The number of pyridine rings is 1. The summed E-state index contributed by atoms with van der Waals surface area (Å²) in [6, 6.07) is 6.14. The Morgan fingerprint density at radius 3 is 3.04 bits per heavy atom. The second-order valence-corrected chi connectivity index (χ2v) is 5.44. The Kier molecular flexibility index (Phi) is 5.68. The summed E-state index contributed by atoms with van der Waals surface area (Å²) < 4.78 is 5.94. The van der Waals surface area contributed by atoms with Crippen molar-refractivity contribution in [2.45, 2.75) is 6.92 Å². The van der Waals surface area contributed by atoms with E-state index in [1.165, 1.54) is 24.5 Å². The fraction of sp³-hybridized carbons (Fsp3) is 0.143. The topological polar surface area (TPSA) is 110 Å². The molecular weight excluding hydrogens is 415 g/mol. The molecule has 8 nitrogen and oxygen atoms in total. The van der Waals surface area contributed by atoms with Crippen LogP contribution < -0.4 is 10.2 Å². The minimum absolute atomic E-state index is 0.0484. The van der Waals surface area contributed by atoms with Crippen molar-refractivity contribution in [1.82, 2.24) is 4.98 Å². The maximum atomic E-state index is 10.9. The van der Waals surface area contributed by atoms with Gasteiger partial charge in [0.15, 0.2) is 11.5 Å². The van der Waals surface area contributed by atoms with Crippen LogP contribution in [-0.2, 0) is 0 Å². The number of aromatic hydroxyl groups is 1. The number of nitrogens with zero attached hydrogens (tertiary/aromatic N) is 3. The molecule has 0 aliphatic heterocycles. The number of ether oxygens (including phenoxy) is 1. The average molecular weight is 428 g/mol. The first-order chi connectivity index (χ1) is 11.0. The second kappa shape index (κ2) is 7.72. The SMILES string of the molecule is CCOc1cc(/C=N\Nc2ncccc2[N+](=O)[O-])cc(I)c1O. The molecule has 9 heteroatoms. The molecule has 0 aliphatic carbocycles. The molecule has 0 atom stereocenters. The molecule has 120 valence electrons. The zero-order chi connectivity index (χ0) is 16.8. The second-order valence-electron chi connectivity index (χ2n) is 4.28. The first-order valence-corrected chi connectivity index (χ1v) is 7.64. The van der Waals surface area contributed by atoms with Crippen molar-refractivity contribution in [2.24, 2.45) is 5.10 Å². The third-order valence-electron chi connectivity index (χ3n) is 2.72. The molecule has 0 fully saturated rings. The molecule has 0 saturated carbocycles. The van der Waals surface area contributed by atoms with Crippen molar-refractivity contribution < 1.29 is 14.8 Å². The number of anilines is 1. The van der Waals surface area contributed by atoms with E-state index in [9.17, 15) is 15.2 Å². The summed E-state index contributed by atoms with van der Waals surface area (Å²) in [5.41, 5.74) is 3.04. The smallest absolute Gasteiger partial charge is 0.313 e. The molecule has 1 heterocycles. The molecule has 1 aromatic heterocycles. The Morgan fingerprint density at radius 1 is 1.57 bits per heavy atom. The molecule has 1 aromatic carbocycles. The van der Waals surface area contributed by atoms with Crippen LogP contribution in [0.15, 0.2) is 35.6 Å². The van der Waals surface area contributed by atoms with Crippen LogP contribution in [0.2, 0.25) is 0 Å². The number of phenols is 1. The molecule has 0 unspecified atom stereocenters. The Labute approximate surface area is 145 Å². The van der Waals surface area contributed by atoms with Crippen molar-refractivity contribution in [3.63, 3.8) is 0 Å². The predicted octanol–water partition coefficient (Wildman–Crippen LogP) is 3.14. The number of nitrogens with one attached hydrogen (secondary N) is 1. The lowest BCUT2D eigenvalue weighted by Gasteiger charge is -2.08. The van der Waals surface area contributed by atoms with Crippen molar-refractivity contribution in [2.75, 3.05) is 12.0 Å². The molecule has 0 spiro atoms. The van der Waals surface area contributed by atoms with Crippen LogP contribution >= 0.6 is 22.6 Å². The molecule has 2 aromatic rings. The predicted molar refractivity (Wildman–Crippen MR) is 94.1 cm³/mol. The number of hydrogen-bond acceptors (Lipinski definition) is 7. The van der Waals surface area contributed by atoms with Crippen LogP contribution in [0.1, 0.15) is 12.5 Å². The summed E-state index contributed by atoms with van der Waals surface area (Å²) in [6.07, 6.45) is 2.89. The zero-order valence-corrected chi connectivity index (χ0v) is 14.2. The number of rotatable bonds is 6. The highest BCUT2D eigenvalue weighted by Gasteiger charge is 2.13. The highest BCUT2D eigenvalue weighted by Crippen LogP contribution is 2.32. The molecular formula is C14H13IN4O4. The van der Waals surface area contributed by atoms with Gasteiger partial charge in [0.1, 0.15) is 0 Å². The van der Waals surface area contributed by atoms with Gasteiger partial charge in [0.05, 0.1) is 21.3 Å². The van der Waals surface area contributed by atoms with Gasteiger partial charge in [0, 0.05) is 12.3 Å². The number of hydrogen-bond donors (Lipinski definition) is 2. The van der Waals surface area contributed by atoms with E-state index in [1.54, 1.807) is 12.1 Å². The summed E-state index contributed by atoms with van der Waals surface area (Å²) in [7, 11) is 0. The number of halogens is 1. The number of benzene rings is 1. The Morgan fingerprint density at radius 2 is 2.35 bits per heavy atom. The largest absolute Gasteiger partial charge is 0.504 e. The summed E-state index contributed by atoms with van der Waals surface area (Å²) in [6.45, 7) is 2.23. The Hall–Kier alpha value is -2.43. The van der Waals surface area contributed by atoms with Gasteiger partial charge in [-0.2, -0.15) is 5.10 Å². The van der Waals surface area contributed by atoms with Crippen LogP contribution in [-0.4, -0.2) is 27.8 Å². The summed E-state index contributed by atoms with van der Waals surface area (Å²) in [5.74, 6) is 0.467. The van der Waals surface area contributed by atoms with Gasteiger partial charge >= 0.3 is 5.69 Å². The van der Waals surface area contributed by atoms with Gasteiger partial charge in [-0.1, -0.05) is 0 Å². The monoisotopic (exact) mass is 428 g/mol. The lowest BCUT2D eigenvalue weighted by molar-refractivity contribution is -0.384. The van der Waals surface area contributed by atoms with E-state index in [0.29, 0.717) is 21.5 Å². The zero-order valence-electron chi connectivity index (χ0n) is 12.1. The van der Waals surface area contributed by atoms with E-state index in [-0.39, 0.29) is 17.3 Å². The van der Waals surface area contributed by atoms with Crippen molar-refractivity contribution in [3.8, 4) is 11.5 Å². The van der Waals surface area contributed by atoms with E-state index in [0.717, 1.165) is 0 Å². The minimum atomic E-state index is -0.540. The fourth-order valence-electron chi connectivity index (χ4n) is 1.73. The Balaban J connectivity index is 2.20. The van der Waals surface area contributed by atoms with Crippen molar-refractivity contribution >= 4 is 40.3 Å². The number of phenolic OH excluding ortho intramolecular Hbond substituents is 1. The van der Waals surface area contributed by atoms with Gasteiger partial charge in [-0.05, 0) is 53.3 Å². The van der Waals surface area contributed by atoms with Crippen LogP contribution in [0.4, 0.5) is 11.5 Å². The Bertz CT molecular complexity index is 752. The summed E-state index contributed by atoms with van der Waals surface area (Å²) in [4.78, 5) is 14.2. The average Bonchev–Trinajstić information content (AvgIpc) is 2.52. The standard InChI is InChI=1S/C14H13IN4O4/c1-2-23-12-7-9(6-10(15)13(12)20)8-17-18-14-11(19(21)22)4-3-5-16-14/h3-8,20H,2H2,1H3,(H,16,18)/b17-8-.